The van der Waals surface area contributed by atoms with Crippen LogP contribution in [0.15, 0.2) is 29.2 Å². The lowest BCUT2D eigenvalue weighted by Crippen LogP contribution is -2.26. The minimum absolute atomic E-state index is 0.0721. The molecule has 4 N–H and O–H groups in total. The van der Waals surface area contributed by atoms with E-state index in [4.69, 9.17) is 10.8 Å². The maximum Gasteiger partial charge on any atom is 0.303 e. The van der Waals surface area contributed by atoms with Gasteiger partial charge in [0.2, 0.25) is 5.91 Å². The molecule has 0 fully saturated rings. The number of hydrogen-bond donors (Lipinski definition) is 3. The fourth-order valence-corrected chi connectivity index (χ4v) is 2.07. The highest BCUT2D eigenvalue weighted by molar-refractivity contribution is 8.00. The molecule has 18 heavy (non-hydrogen) atoms. The van der Waals surface area contributed by atoms with Gasteiger partial charge in [-0.25, -0.2) is 0 Å². The molecule has 0 bridgehead atoms. The van der Waals surface area contributed by atoms with Gasteiger partial charge in [-0.2, -0.15) is 0 Å². The van der Waals surface area contributed by atoms with Crippen LogP contribution in [0.4, 0.5) is 5.69 Å². The molecule has 1 aromatic carbocycles. The van der Waals surface area contributed by atoms with Crippen LogP contribution in [0, 0.1) is 0 Å². The highest BCUT2D eigenvalue weighted by Gasteiger charge is 2.03. The molecular formula is C12H16N2O3S. The Morgan fingerprint density at radius 3 is 2.83 bits per heavy atom. The van der Waals surface area contributed by atoms with Gasteiger partial charge in [-0.1, -0.05) is 6.07 Å². The zero-order valence-corrected chi connectivity index (χ0v) is 10.7. The monoisotopic (exact) mass is 268 g/mol. The Kier molecular flexibility index (Phi) is 6.07. The number of thioether (sulfide) groups is 1. The summed E-state index contributed by atoms with van der Waals surface area (Å²) in [4.78, 5) is 22.6. The van der Waals surface area contributed by atoms with Gasteiger partial charge in [0.1, 0.15) is 0 Å². The van der Waals surface area contributed by atoms with Crippen molar-refractivity contribution in [3.63, 3.8) is 0 Å². The molecule has 0 heterocycles. The van der Waals surface area contributed by atoms with Gasteiger partial charge in [0.05, 0.1) is 5.75 Å². The standard InChI is InChI=1S/C12H16N2O3S/c13-9-3-1-4-10(7-9)18-8-11(15)14-6-2-5-12(16)17/h1,3-4,7H,2,5-6,8,13H2,(H,14,15)(H,16,17). The summed E-state index contributed by atoms with van der Waals surface area (Å²) in [6, 6.07) is 7.32. The smallest absolute Gasteiger partial charge is 0.303 e. The van der Waals surface area contributed by atoms with Crippen LogP contribution in [-0.4, -0.2) is 29.3 Å². The molecule has 1 rings (SSSR count). The third-order valence-corrected chi connectivity index (χ3v) is 3.11. The Labute approximate surface area is 110 Å². The van der Waals surface area contributed by atoms with Gasteiger partial charge >= 0.3 is 5.97 Å². The molecule has 0 aliphatic heterocycles. The Morgan fingerprint density at radius 1 is 1.39 bits per heavy atom. The number of benzene rings is 1. The first-order chi connectivity index (χ1) is 8.58. The lowest BCUT2D eigenvalue weighted by Gasteiger charge is -2.04. The Morgan fingerprint density at radius 2 is 2.17 bits per heavy atom. The van der Waals surface area contributed by atoms with Crippen LogP contribution in [0.25, 0.3) is 0 Å². The van der Waals surface area contributed by atoms with Crippen LogP contribution in [0.1, 0.15) is 12.8 Å². The van der Waals surface area contributed by atoms with Crippen molar-refractivity contribution in [1.29, 1.82) is 0 Å². The number of carbonyl (C=O) groups excluding carboxylic acids is 1. The van der Waals surface area contributed by atoms with Crippen LogP contribution >= 0.6 is 11.8 Å². The SMILES string of the molecule is Nc1cccc(SCC(=O)NCCCC(=O)O)c1. The first kappa shape index (κ1) is 14.4. The summed E-state index contributed by atoms with van der Waals surface area (Å²) in [5, 5.41) is 11.1. The van der Waals surface area contributed by atoms with Crippen LogP contribution in [0.3, 0.4) is 0 Å². The van der Waals surface area contributed by atoms with Crippen LogP contribution in [0.2, 0.25) is 0 Å². The molecule has 0 spiro atoms. The third kappa shape index (κ3) is 6.15. The molecule has 1 amide bonds. The largest absolute Gasteiger partial charge is 0.481 e. The van der Waals surface area contributed by atoms with Crippen LogP contribution in [-0.2, 0) is 9.59 Å². The number of nitrogen functional groups attached to an aromatic ring is 1. The van der Waals surface area contributed by atoms with Gasteiger partial charge in [0, 0.05) is 23.5 Å². The van der Waals surface area contributed by atoms with Crippen LogP contribution in [0.5, 0.6) is 0 Å². The van der Waals surface area contributed by atoms with E-state index in [-0.39, 0.29) is 12.3 Å². The molecule has 0 atom stereocenters. The minimum atomic E-state index is -0.849. The fraction of sp³-hybridized carbons (Fsp3) is 0.333. The second kappa shape index (κ2) is 7.60. The predicted molar refractivity (Wildman–Crippen MR) is 71.5 cm³/mol. The topological polar surface area (TPSA) is 92.4 Å². The van der Waals surface area contributed by atoms with Gasteiger partial charge in [0.25, 0.3) is 0 Å². The van der Waals surface area contributed by atoms with Crippen molar-refractivity contribution < 1.29 is 14.7 Å². The van der Waals surface area contributed by atoms with E-state index < -0.39 is 5.97 Å². The number of carboxylic acids is 1. The van der Waals surface area contributed by atoms with Crippen molar-refractivity contribution in [2.24, 2.45) is 0 Å². The predicted octanol–water partition coefficient (Wildman–Crippen LogP) is 1.34. The van der Waals surface area contributed by atoms with Crippen molar-refractivity contribution in [2.45, 2.75) is 17.7 Å². The number of amides is 1. The van der Waals surface area contributed by atoms with Crippen molar-refractivity contribution >= 4 is 29.3 Å². The average molecular weight is 268 g/mol. The summed E-state index contributed by atoms with van der Waals surface area (Å²) in [6.45, 7) is 0.391. The summed E-state index contributed by atoms with van der Waals surface area (Å²) in [5.74, 6) is -0.650. The van der Waals surface area contributed by atoms with E-state index >= 15 is 0 Å². The highest BCUT2D eigenvalue weighted by Crippen LogP contribution is 2.19. The number of carbonyl (C=O) groups is 2. The van der Waals surface area contributed by atoms with Crippen molar-refractivity contribution in [3.05, 3.63) is 24.3 Å². The first-order valence-electron chi connectivity index (χ1n) is 5.55. The van der Waals surface area contributed by atoms with Gasteiger partial charge in [0.15, 0.2) is 0 Å². The molecule has 6 heteroatoms. The number of hydrogen-bond acceptors (Lipinski definition) is 4. The normalized spacial score (nSPS) is 10.0. The Balaban J connectivity index is 2.19. The van der Waals surface area contributed by atoms with Crippen molar-refractivity contribution in [2.75, 3.05) is 18.0 Å². The second-order valence-electron chi connectivity index (χ2n) is 3.71. The number of carboxylic acid groups (broad SMARTS) is 1. The molecule has 0 saturated carbocycles. The first-order valence-corrected chi connectivity index (χ1v) is 6.53. The second-order valence-corrected chi connectivity index (χ2v) is 4.76. The summed E-state index contributed by atoms with van der Waals surface area (Å²) >= 11 is 1.40. The summed E-state index contributed by atoms with van der Waals surface area (Å²) in [5.41, 5.74) is 6.29. The van der Waals surface area contributed by atoms with E-state index in [1.807, 2.05) is 18.2 Å². The maximum atomic E-state index is 11.4. The number of nitrogens with one attached hydrogen (secondary N) is 1. The van der Waals surface area contributed by atoms with Gasteiger partial charge < -0.3 is 16.2 Å². The molecule has 98 valence electrons. The van der Waals surface area contributed by atoms with Crippen molar-refractivity contribution in [3.8, 4) is 0 Å². The molecule has 1 aromatic rings. The number of aliphatic carboxylic acids is 1. The maximum absolute atomic E-state index is 11.4. The van der Waals surface area contributed by atoms with E-state index in [0.717, 1.165) is 4.90 Å². The minimum Gasteiger partial charge on any atom is -0.481 e. The molecule has 0 saturated heterocycles. The molecule has 0 aliphatic carbocycles. The molecule has 0 aliphatic rings. The highest BCUT2D eigenvalue weighted by atomic mass is 32.2. The summed E-state index contributed by atoms with van der Waals surface area (Å²) in [7, 11) is 0. The van der Waals surface area contributed by atoms with E-state index in [9.17, 15) is 9.59 Å². The lowest BCUT2D eigenvalue weighted by molar-refractivity contribution is -0.137. The van der Waals surface area contributed by atoms with Crippen molar-refractivity contribution in [1.82, 2.24) is 5.32 Å². The molecule has 0 radical (unpaired) electrons. The number of anilines is 1. The fourth-order valence-electron chi connectivity index (χ4n) is 1.27. The summed E-state index contributed by atoms with van der Waals surface area (Å²) < 4.78 is 0. The zero-order chi connectivity index (χ0) is 13.4. The Hall–Kier alpha value is -1.69. The van der Waals surface area contributed by atoms with E-state index in [1.165, 1.54) is 11.8 Å². The van der Waals surface area contributed by atoms with Crippen LogP contribution < -0.4 is 11.1 Å². The van der Waals surface area contributed by atoms with Gasteiger partial charge in [-0.3, -0.25) is 9.59 Å². The van der Waals surface area contributed by atoms with Gasteiger partial charge in [-0.15, -0.1) is 11.8 Å². The average Bonchev–Trinajstić information content (AvgIpc) is 2.32. The molecule has 0 aromatic heterocycles. The zero-order valence-electron chi connectivity index (χ0n) is 9.89. The third-order valence-electron chi connectivity index (χ3n) is 2.12. The quantitative estimate of drug-likeness (QED) is 0.394. The summed E-state index contributed by atoms with van der Waals surface area (Å²) in [6.07, 6.45) is 0.521. The van der Waals surface area contributed by atoms with Gasteiger partial charge in [-0.05, 0) is 24.6 Å². The number of rotatable bonds is 7. The Bertz CT molecular complexity index is 424. The lowest BCUT2D eigenvalue weighted by atomic mass is 10.3. The van der Waals surface area contributed by atoms with E-state index in [0.29, 0.717) is 24.4 Å². The van der Waals surface area contributed by atoms with E-state index in [1.54, 1.807) is 6.07 Å². The number of nitrogens with two attached hydrogens (primary N) is 1. The molecule has 0 unspecified atom stereocenters. The van der Waals surface area contributed by atoms with E-state index in [2.05, 4.69) is 5.32 Å². The molecule has 5 nitrogen and oxygen atoms in total. The molecular weight excluding hydrogens is 252 g/mol.